The molecule has 2 aromatic rings. The number of rotatable bonds is 3. The number of carbonyl (C=O) groups is 1. The molecule has 2 rings (SSSR count). The summed E-state index contributed by atoms with van der Waals surface area (Å²) in [5, 5.41) is 3.15. The van der Waals surface area contributed by atoms with Crippen molar-refractivity contribution in [1.82, 2.24) is 14.1 Å². The molecule has 0 saturated carbocycles. The van der Waals surface area contributed by atoms with Gasteiger partial charge in [-0.3, -0.25) is 19.5 Å². The van der Waals surface area contributed by atoms with Crippen LogP contribution in [0.25, 0.3) is 6.08 Å². The van der Waals surface area contributed by atoms with Crippen molar-refractivity contribution in [1.29, 1.82) is 0 Å². The summed E-state index contributed by atoms with van der Waals surface area (Å²) in [6, 6.07) is 0. The Hall–Kier alpha value is -2.48. The Labute approximate surface area is 130 Å². The number of hydrogen-bond donors (Lipinski definition) is 1. The first-order valence-electron chi connectivity index (χ1n) is 6.49. The highest BCUT2D eigenvalue weighted by Gasteiger charge is 2.07. The van der Waals surface area contributed by atoms with Crippen LogP contribution in [0, 0.1) is 13.8 Å². The molecule has 0 aliphatic rings. The van der Waals surface area contributed by atoms with E-state index in [9.17, 15) is 14.4 Å². The average Bonchev–Trinajstić information content (AvgIpc) is 2.77. The second-order valence-corrected chi connectivity index (χ2v) is 6.03. The SMILES string of the molecule is Cc1nc(NC(=O)/C=C\c2cn(C)c(=O)n(C)c2=O)sc1C. The third-order valence-corrected chi connectivity index (χ3v) is 4.13. The van der Waals surface area contributed by atoms with Crippen LogP contribution in [0.3, 0.4) is 0 Å². The van der Waals surface area contributed by atoms with Gasteiger partial charge < -0.3 is 4.57 Å². The van der Waals surface area contributed by atoms with Crippen LogP contribution in [-0.2, 0) is 18.9 Å². The van der Waals surface area contributed by atoms with E-state index in [0.29, 0.717) is 5.13 Å². The first-order valence-corrected chi connectivity index (χ1v) is 7.31. The molecule has 0 bridgehead atoms. The maximum Gasteiger partial charge on any atom is 0.330 e. The summed E-state index contributed by atoms with van der Waals surface area (Å²) in [6.07, 6.45) is 4.02. The van der Waals surface area contributed by atoms with E-state index in [4.69, 9.17) is 0 Å². The van der Waals surface area contributed by atoms with Crippen molar-refractivity contribution >= 4 is 28.5 Å². The molecule has 0 saturated heterocycles. The molecule has 0 aliphatic carbocycles. The van der Waals surface area contributed by atoms with Crippen LogP contribution in [0.4, 0.5) is 5.13 Å². The van der Waals surface area contributed by atoms with Crippen molar-refractivity contribution < 1.29 is 4.79 Å². The second-order valence-electron chi connectivity index (χ2n) is 4.83. The van der Waals surface area contributed by atoms with Crippen molar-refractivity contribution in [2.24, 2.45) is 14.1 Å². The lowest BCUT2D eigenvalue weighted by Crippen LogP contribution is -2.37. The van der Waals surface area contributed by atoms with Crippen molar-refractivity contribution in [3.05, 3.63) is 49.2 Å². The molecule has 2 heterocycles. The van der Waals surface area contributed by atoms with Gasteiger partial charge in [-0.1, -0.05) is 0 Å². The lowest BCUT2D eigenvalue weighted by atomic mass is 10.3. The number of amides is 1. The predicted octanol–water partition coefficient (Wildman–Crippen LogP) is 0.809. The summed E-state index contributed by atoms with van der Waals surface area (Å²) < 4.78 is 2.28. The zero-order valence-corrected chi connectivity index (χ0v) is 13.5. The number of aryl methyl sites for hydroxylation is 3. The fraction of sp³-hybridized carbons (Fsp3) is 0.286. The van der Waals surface area contributed by atoms with E-state index in [0.717, 1.165) is 15.1 Å². The third kappa shape index (κ3) is 3.22. The van der Waals surface area contributed by atoms with Gasteiger partial charge >= 0.3 is 5.69 Å². The molecule has 0 radical (unpaired) electrons. The summed E-state index contributed by atoms with van der Waals surface area (Å²) >= 11 is 1.39. The molecular formula is C14H16N4O3S. The second kappa shape index (κ2) is 6.10. The van der Waals surface area contributed by atoms with E-state index in [2.05, 4.69) is 10.3 Å². The number of nitrogens with zero attached hydrogens (tertiary/aromatic N) is 3. The van der Waals surface area contributed by atoms with E-state index in [1.807, 2.05) is 13.8 Å². The molecule has 0 unspecified atom stereocenters. The van der Waals surface area contributed by atoms with Crippen molar-refractivity contribution in [2.45, 2.75) is 13.8 Å². The van der Waals surface area contributed by atoms with Gasteiger partial charge in [0.15, 0.2) is 5.13 Å². The van der Waals surface area contributed by atoms with Gasteiger partial charge in [-0.05, 0) is 19.9 Å². The Kier molecular flexibility index (Phi) is 4.41. The average molecular weight is 320 g/mol. The van der Waals surface area contributed by atoms with E-state index < -0.39 is 11.2 Å². The number of anilines is 1. The highest BCUT2D eigenvalue weighted by Crippen LogP contribution is 2.20. The summed E-state index contributed by atoms with van der Waals surface area (Å²) in [6.45, 7) is 3.79. The summed E-state index contributed by atoms with van der Waals surface area (Å²) in [5.74, 6) is -0.385. The highest BCUT2D eigenvalue weighted by molar-refractivity contribution is 7.15. The minimum Gasteiger partial charge on any atom is -0.303 e. The molecule has 0 fully saturated rings. The number of aromatic nitrogens is 3. The van der Waals surface area contributed by atoms with E-state index >= 15 is 0 Å². The van der Waals surface area contributed by atoms with Gasteiger partial charge in [-0.15, -0.1) is 11.3 Å². The normalized spacial score (nSPS) is 11.1. The fourth-order valence-corrected chi connectivity index (χ4v) is 2.61. The summed E-state index contributed by atoms with van der Waals surface area (Å²) in [4.78, 5) is 40.6. The Balaban J connectivity index is 2.20. The Morgan fingerprint density at radius 3 is 2.59 bits per heavy atom. The molecule has 0 aromatic carbocycles. The van der Waals surface area contributed by atoms with Gasteiger partial charge in [-0.2, -0.15) is 0 Å². The number of thiazole rings is 1. The molecule has 116 valence electrons. The summed E-state index contributed by atoms with van der Waals surface area (Å²) in [7, 11) is 2.93. The van der Waals surface area contributed by atoms with Gasteiger partial charge in [0.05, 0.1) is 11.3 Å². The van der Waals surface area contributed by atoms with Crippen molar-refractivity contribution in [3.8, 4) is 0 Å². The number of hydrogen-bond acceptors (Lipinski definition) is 5. The van der Waals surface area contributed by atoms with E-state index in [1.165, 1.54) is 41.3 Å². The van der Waals surface area contributed by atoms with Crippen molar-refractivity contribution in [2.75, 3.05) is 5.32 Å². The molecule has 8 heteroatoms. The van der Waals surface area contributed by atoms with E-state index in [1.54, 1.807) is 7.05 Å². The molecule has 22 heavy (non-hydrogen) atoms. The quantitative estimate of drug-likeness (QED) is 0.848. The zero-order chi connectivity index (χ0) is 16.4. The predicted molar refractivity (Wildman–Crippen MR) is 86.2 cm³/mol. The lowest BCUT2D eigenvalue weighted by molar-refractivity contribution is -0.111. The molecule has 1 N–H and O–H groups in total. The number of carbonyl (C=O) groups excluding carboxylic acids is 1. The Bertz CT molecular complexity index is 854. The minimum atomic E-state index is -0.451. The highest BCUT2D eigenvalue weighted by atomic mass is 32.1. The molecule has 0 aliphatic heterocycles. The third-order valence-electron chi connectivity index (χ3n) is 3.15. The van der Waals surface area contributed by atoms with Crippen molar-refractivity contribution in [3.63, 3.8) is 0 Å². The monoisotopic (exact) mass is 320 g/mol. The Morgan fingerprint density at radius 1 is 1.32 bits per heavy atom. The van der Waals surface area contributed by atoms with Gasteiger partial charge in [0, 0.05) is 31.2 Å². The maximum atomic E-state index is 11.9. The van der Waals surface area contributed by atoms with Gasteiger partial charge in [-0.25, -0.2) is 9.78 Å². The van der Waals surface area contributed by atoms with Crippen LogP contribution >= 0.6 is 11.3 Å². The smallest absolute Gasteiger partial charge is 0.303 e. The van der Waals surface area contributed by atoms with Crippen LogP contribution in [-0.4, -0.2) is 20.0 Å². The lowest BCUT2D eigenvalue weighted by Gasteiger charge is -2.03. The molecule has 7 nitrogen and oxygen atoms in total. The molecular weight excluding hydrogens is 304 g/mol. The standard InChI is InChI=1S/C14H16N4O3S/c1-8-9(2)22-13(15-8)16-11(19)6-5-10-7-17(3)14(21)18(4)12(10)20/h5-7H,1-4H3,(H,15,16,19)/b6-5-. The Morgan fingerprint density at radius 2 is 2.00 bits per heavy atom. The van der Waals surface area contributed by atoms with Crippen LogP contribution < -0.4 is 16.6 Å². The van der Waals surface area contributed by atoms with Gasteiger partial charge in [0.2, 0.25) is 5.91 Å². The largest absolute Gasteiger partial charge is 0.330 e. The first-order chi connectivity index (χ1) is 10.3. The topological polar surface area (TPSA) is 86.0 Å². The van der Waals surface area contributed by atoms with E-state index in [-0.39, 0.29) is 11.5 Å². The maximum absolute atomic E-state index is 11.9. The molecule has 1 amide bonds. The first kappa shape index (κ1) is 15.9. The van der Waals surface area contributed by atoms with Crippen LogP contribution in [0.5, 0.6) is 0 Å². The molecule has 0 atom stereocenters. The van der Waals surface area contributed by atoms with Gasteiger partial charge in [0.1, 0.15) is 0 Å². The number of nitrogens with one attached hydrogen (secondary N) is 1. The molecule has 2 aromatic heterocycles. The zero-order valence-electron chi connectivity index (χ0n) is 12.7. The van der Waals surface area contributed by atoms with Crippen LogP contribution in [0.1, 0.15) is 16.1 Å². The van der Waals surface area contributed by atoms with Crippen LogP contribution in [0.15, 0.2) is 21.9 Å². The summed E-state index contributed by atoms with van der Waals surface area (Å²) in [5.41, 5.74) is 0.260. The van der Waals surface area contributed by atoms with Gasteiger partial charge in [0.25, 0.3) is 5.56 Å². The minimum absolute atomic E-state index is 0.256. The molecule has 0 spiro atoms. The fourth-order valence-electron chi connectivity index (χ4n) is 1.79. The van der Waals surface area contributed by atoms with Crippen LogP contribution in [0.2, 0.25) is 0 Å².